The molecule has 1 saturated heterocycles. The average molecular weight is 326 g/mol. The monoisotopic (exact) mass is 326 g/mol. The molecule has 0 aromatic rings. The molecule has 22 heavy (non-hydrogen) atoms. The predicted octanol–water partition coefficient (Wildman–Crippen LogP) is 3.28. The number of alkyl halides is 3. The van der Waals surface area contributed by atoms with Crippen molar-refractivity contribution in [3.05, 3.63) is 0 Å². The van der Waals surface area contributed by atoms with Gasteiger partial charge in [0.05, 0.1) is 12.0 Å². The molecule has 0 aromatic carbocycles. The highest BCUT2D eigenvalue weighted by molar-refractivity contribution is 5.66. The van der Waals surface area contributed by atoms with E-state index in [1.54, 1.807) is 27.7 Å². The number of ether oxygens (including phenoxy) is 1. The lowest BCUT2D eigenvalue weighted by molar-refractivity contribution is -0.186. The first kappa shape index (κ1) is 19.0. The second kappa shape index (κ2) is 7.04. The molecular formula is C14H25F3N2O3. The molecule has 1 aliphatic heterocycles. The molecule has 1 unspecified atom stereocenters. The number of piperidine rings is 1. The van der Waals surface area contributed by atoms with Crippen LogP contribution in [-0.4, -0.2) is 58.7 Å². The highest BCUT2D eigenvalue weighted by Gasteiger charge is 2.41. The van der Waals surface area contributed by atoms with Crippen LogP contribution in [0.2, 0.25) is 0 Å². The Labute approximate surface area is 129 Å². The Kier molecular flexibility index (Phi) is 6.09. The average Bonchev–Trinajstić information content (AvgIpc) is 2.35. The highest BCUT2D eigenvalue weighted by Crippen LogP contribution is 2.34. The fourth-order valence-electron chi connectivity index (χ4n) is 2.38. The maximum absolute atomic E-state index is 12.6. The van der Waals surface area contributed by atoms with Gasteiger partial charge in [-0.2, -0.15) is 18.2 Å². The first-order valence-electron chi connectivity index (χ1n) is 7.40. The molecule has 1 aliphatic rings. The van der Waals surface area contributed by atoms with Gasteiger partial charge in [0, 0.05) is 6.54 Å². The Morgan fingerprint density at radius 2 is 1.82 bits per heavy atom. The Bertz CT molecular complexity index is 375. The predicted molar refractivity (Wildman–Crippen MR) is 74.5 cm³/mol. The first-order valence-corrected chi connectivity index (χ1v) is 7.40. The summed E-state index contributed by atoms with van der Waals surface area (Å²) in [6.45, 7) is 7.59. The third kappa shape index (κ3) is 6.00. The van der Waals surface area contributed by atoms with Crippen molar-refractivity contribution in [2.75, 3.05) is 19.6 Å². The third-order valence-electron chi connectivity index (χ3n) is 3.57. The number of halogens is 3. The number of hydrogen-bond acceptors (Lipinski definition) is 4. The SMILES string of the molecule is CC(CN1CCC(C(F)(F)F)CC1)N(O)C(=O)OC(C)(C)C. The minimum atomic E-state index is -4.14. The van der Waals surface area contributed by atoms with E-state index in [9.17, 15) is 23.2 Å². The lowest BCUT2D eigenvalue weighted by Crippen LogP contribution is -2.48. The van der Waals surface area contributed by atoms with Crippen molar-refractivity contribution in [1.82, 2.24) is 9.96 Å². The second-order valence-electron chi connectivity index (χ2n) is 6.79. The van der Waals surface area contributed by atoms with Gasteiger partial charge in [-0.15, -0.1) is 0 Å². The molecule has 1 atom stereocenters. The van der Waals surface area contributed by atoms with Crippen LogP contribution in [0.1, 0.15) is 40.5 Å². The normalized spacial score (nSPS) is 19.8. The van der Waals surface area contributed by atoms with Crippen molar-refractivity contribution in [2.24, 2.45) is 5.92 Å². The lowest BCUT2D eigenvalue weighted by atomic mass is 9.96. The van der Waals surface area contributed by atoms with E-state index in [0.717, 1.165) is 0 Å². The second-order valence-corrected chi connectivity index (χ2v) is 6.79. The van der Waals surface area contributed by atoms with Crippen LogP contribution in [0.5, 0.6) is 0 Å². The molecule has 130 valence electrons. The number of hydrogen-bond donors (Lipinski definition) is 1. The molecular weight excluding hydrogens is 301 g/mol. The smallest absolute Gasteiger partial charge is 0.434 e. The summed E-state index contributed by atoms with van der Waals surface area (Å²) in [5, 5.41) is 10.3. The van der Waals surface area contributed by atoms with Gasteiger partial charge in [0.1, 0.15) is 5.60 Å². The van der Waals surface area contributed by atoms with Crippen LogP contribution in [-0.2, 0) is 4.74 Å². The van der Waals surface area contributed by atoms with Crippen molar-refractivity contribution >= 4 is 6.09 Å². The molecule has 1 amide bonds. The van der Waals surface area contributed by atoms with E-state index in [2.05, 4.69) is 0 Å². The Hall–Kier alpha value is -1.02. The summed E-state index contributed by atoms with van der Waals surface area (Å²) in [5.41, 5.74) is -0.719. The van der Waals surface area contributed by atoms with Crippen LogP contribution in [0.15, 0.2) is 0 Å². The van der Waals surface area contributed by atoms with Gasteiger partial charge in [0.2, 0.25) is 0 Å². The number of nitrogens with zero attached hydrogens (tertiary/aromatic N) is 2. The molecule has 1 fully saturated rings. The fourth-order valence-corrected chi connectivity index (χ4v) is 2.38. The third-order valence-corrected chi connectivity index (χ3v) is 3.57. The van der Waals surface area contributed by atoms with Crippen molar-refractivity contribution in [3.63, 3.8) is 0 Å². The van der Waals surface area contributed by atoms with E-state index >= 15 is 0 Å². The van der Waals surface area contributed by atoms with E-state index in [4.69, 9.17) is 4.74 Å². The van der Waals surface area contributed by atoms with Crippen LogP contribution in [0.25, 0.3) is 0 Å². The molecule has 0 bridgehead atoms. The van der Waals surface area contributed by atoms with E-state index < -0.39 is 29.8 Å². The van der Waals surface area contributed by atoms with Gasteiger partial charge in [-0.3, -0.25) is 5.21 Å². The van der Waals surface area contributed by atoms with Crippen LogP contribution in [0.3, 0.4) is 0 Å². The standard InChI is InChI=1S/C14H25F3N2O3/c1-10(19(21)12(20)22-13(2,3)4)9-18-7-5-11(6-8-18)14(15,16)17/h10-11,21H,5-9H2,1-4H3. The van der Waals surface area contributed by atoms with Gasteiger partial charge in [0.15, 0.2) is 0 Å². The zero-order chi connectivity index (χ0) is 17.1. The Balaban J connectivity index is 2.43. The lowest BCUT2D eigenvalue weighted by Gasteiger charge is -2.35. The zero-order valence-corrected chi connectivity index (χ0v) is 13.5. The maximum Gasteiger partial charge on any atom is 0.434 e. The first-order chi connectivity index (χ1) is 9.90. The van der Waals surface area contributed by atoms with Gasteiger partial charge in [-0.05, 0) is 53.6 Å². The molecule has 0 aliphatic carbocycles. The largest absolute Gasteiger partial charge is 0.442 e. The van der Waals surface area contributed by atoms with Crippen LogP contribution < -0.4 is 0 Å². The highest BCUT2D eigenvalue weighted by atomic mass is 19.4. The summed E-state index contributed by atoms with van der Waals surface area (Å²) >= 11 is 0. The van der Waals surface area contributed by atoms with E-state index in [1.807, 2.05) is 4.90 Å². The summed E-state index contributed by atoms with van der Waals surface area (Å²) in [4.78, 5) is 13.5. The zero-order valence-electron chi connectivity index (χ0n) is 13.5. The fraction of sp³-hybridized carbons (Fsp3) is 0.929. The van der Waals surface area contributed by atoms with Crippen LogP contribution >= 0.6 is 0 Å². The summed E-state index contributed by atoms with van der Waals surface area (Å²) in [6, 6.07) is -0.558. The number of rotatable bonds is 3. The number of likely N-dealkylation sites (tertiary alicyclic amines) is 1. The molecule has 0 saturated carbocycles. The van der Waals surface area contributed by atoms with E-state index in [1.165, 1.54) is 0 Å². The van der Waals surface area contributed by atoms with Crippen molar-refractivity contribution in [1.29, 1.82) is 0 Å². The summed E-state index contributed by atoms with van der Waals surface area (Å²) in [6.07, 6.45) is -4.90. The van der Waals surface area contributed by atoms with Crippen molar-refractivity contribution < 1.29 is 27.9 Å². The summed E-state index contributed by atoms with van der Waals surface area (Å²) < 4.78 is 42.8. The molecule has 1 rings (SSSR count). The Morgan fingerprint density at radius 3 is 2.23 bits per heavy atom. The number of carbonyl (C=O) groups is 1. The maximum atomic E-state index is 12.6. The van der Waals surface area contributed by atoms with E-state index in [0.29, 0.717) is 24.7 Å². The number of hydroxylamine groups is 2. The summed E-state index contributed by atoms with van der Waals surface area (Å²) in [5.74, 6) is -1.25. The number of carbonyl (C=O) groups excluding carboxylic acids is 1. The topological polar surface area (TPSA) is 53.0 Å². The van der Waals surface area contributed by atoms with Crippen molar-refractivity contribution in [3.8, 4) is 0 Å². The van der Waals surface area contributed by atoms with Gasteiger partial charge in [-0.25, -0.2) is 4.79 Å². The van der Waals surface area contributed by atoms with Crippen LogP contribution in [0.4, 0.5) is 18.0 Å². The minimum Gasteiger partial charge on any atom is -0.442 e. The van der Waals surface area contributed by atoms with Crippen LogP contribution in [0, 0.1) is 5.92 Å². The van der Waals surface area contributed by atoms with E-state index in [-0.39, 0.29) is 12.8 Å². The molecule has 8 heteroatoms. The van der Waals surface area contributed by atoms with Gasteiger partial charge >= 0.3 is 12.3 Å². The molecule has 1 heterocycles. The molecule has 1 N–H and O–H groups in total. The molecule has 0 radical (unpaired) electrons. The number of amides is 1. The minimum absolute atomic E-state index is 0.0497. The van der Waals surface area contributed by atoms with Gasteiger partial charge in [0.25, 0.3) is 0 Å². The Morgan fingerprint density at radius 1 is 1.32 bits per heavy atom. The molecule has 5 nitrogen and oxygen atoms in total. The van der Waals surface area contributed by atoms with Crippen molar-refractivity contribution in [2.45, 2.75) is 58.4 Å². The van der Waals surface area contributed by atoms with Gasteiger partial charge < -0.3 is 9.64 Å². The van der Waals surface area contributed by atoms with Gasteiger partial charge in [-0.1, -0.05) is 0 Å². The molecule has 0 spiro atoms. The quantitative estimate of drug-likeness (QED) is 0.639. The summed E-state index contributed by atoms with van der Waals surface area (Å²) in [7, 11) is 0. The molecule has 0 aromatic heterocycles.